The lowest BCUT2D eigenvalue weighted by Gasteiger charge is -2.36. The Labute approximate surface area is 223 Å². The summed E-state index contributed by atoms with van der Waals surface area (Å²) in [4.78, 5) is 28.1. The van der Waals surface area contributed by atoms with Crippen molar-refractivity contribution in [1.29, 1.82) is 0 Å². The normalized spacial score (nSPS) is 22.7. The number of carbonyl (C=O) groups excluding carboxylic acids is 2. The number of rotatable bonds is 10. The van der Waals surface area contributed by atoms with E-state index in [4.69, 9.17) is 0 Å². The van der Waals surface area contributed by atoms with Crippen molar-refractivity contribution in [3.05, 3.63) is 76.6 Å². The van der Waals surface area contributed by atoms with Gasteiger partial charge in [-0.2, -0.15) is 0 Å². The number of nitrogens with zero attached hydrogens (tertiary/aromatic N) is 1. The van der Waals surface area contributed by atoms with Crippen LogP contribution in [0.15, 0.2) is 65.3 Å². The lowest BCUT2D eigenvalue weighted by molar-refractivity contribution is -0.123. The van der Waals surface area contributed by atoms with Gasteiger partial charge in [0.2, 0.25) is 11.8 Å². The number of hydrogen-bond donors (Lipinski definition) is 3. The molecular formula is C31H36FNO5. The maximum Gasteiger partial charge on any atom is 0.238 e. The van der Waals surface area contributed by atoms with Crippen molar-refractivity contribution in [2.24, 2.45) is 17.8 Å². The topological polar surface area (TPSA) is 98.1 Å². The molecule has 0 aromatic heterocycles. The van der Waals surface area contributed by atoms with Crippen molar-refractivity contribution in [3.8, 4) is 5.75 Å². The number of anilines is 1. The summed E-state index contributed by atoms with van der Waals surface area (Å²) in [7, 11) is 0. The van der Waals surface area contributed by atoms with E-state index < -0.39 is 35.4 Å². The van der Waals surface area contributed by atoms with Gasteiger partial charge in [-0.15, -0.1) is 0 Å². The van der Waals surface area contributed by atoms with Crippen LogP contribution in [0.4, 0.5) is 10.1 Å². The number of para-hydroxylation sites is 1. The number of phenolic OH excluding ortho intramolecular Hbond substituents is 1. The summed E-state index contributed by atoms with van der Waals surface area (Å²) in [6.45, 7) is 3.68. The fraction of sp³-hybridized carbons (Fsp3) is 0.419. The molecule has 1 saturated heterocycles. The molecule has 1 aliphatic carbocycles. The average molecular weight is 522 g/mol. The zero-order valence-electron chi connectivity index (χ0n) is 21.9. The first kappa shape index (κ1) is 27.7. The highest BCUT2D eigenvalue weighted by Crippen LogP contribution is 2.48. The third-order valence-corrected chi connectivity index (χ3v) is 7.83. The number of halogens is 1. The molecule has 1 heterocycles. The van der Waals surface area contributed by atoms with Gasteiger partial charge in [-0.25, -0.2) is 4.39 Å². The molecule has 4 rings (SSSR count). The van der Waals surface area contributed by atoms with Crippen molar-refractivity contribution in [1.82, 2.24) is 0 Å². The molecule has 4 atom stereocenters. The molecule has 2 aromatic rings. The zero-order valence-corrected chi connectivity index (χ0v) is 21.9. The highest BCUT2D eigenvalue weighted by Gasteiger charge is 2.55. The van der Waals surface area contributed by atoms with E-state index in [0.717, 1.165) is 24.0 Å². The lowest BCUT2D eigenvalue weighted by Crippen LogP contribution is -2.39. The third kappa shape index (κ3) is 5.45. The van der Waals surface area contributed by atoms with Crippen molar-refractivity contribution in [2.75, 3.05) is 11.5 Å². The molecule has 0 saturated carbocycles. The number of amides is 2. The fourth-order valence-electron chi connectivity index (χ4n) is 6.05. The Bertz CT molecular complexity index is 1240. The molecule has 1 aliphatic heterocycles. The van der Waals surface area contributed by atoms with Crippen LogP contribution in [0, 0.1) is 23.6 Å². The molecule has 0 spiro atoms. The predicted octanol–water partition coefficient (Wildman–Crippen LogP) is 5.38. The van der Waals surface area contributed by atoms with Gasteiger partial charge in [0.15, 0.2) is 11.6 Å². The number of imide groups is 1. The number of hydrogen-bond acceptors (Lipinski definition) is 5. The van der Waals surface area contributed by atoms with E-state index in [9.17, 15) is 29.3 Å². The summed E-state index contributed by atoms with van der Waals surface area (Å²) >= 11 is 0. The number of aliphatic hydroxyl groups excluding tert-OH is 2. The molecule has 3 N–H and O–H groups in total. The summed E-state index contributed by atoms with van der Waals surface area (Å²) in [6, 6.07) is 13.1. The molecule has 7 heteroatoms. The minimum atomic E-state index is -0.881. The van der Waals surface area contributed by atoms with Crippen molar-refractivity contribution >= 4 is 23.6 Å². The first-order valence-corrected chi connectivity index (χ1v) is 13.4. The summed E-state index contributed by atoms with van der Waals surface area (Å²) in [5, 5.41) is 31.3. The van der Waals surface area contributed by atoms with Gasteiger partial charge in [-0.1, -0.05) is 61.8 Å². The van der Waals surface area contributed by atoms with E-state index in [2.05, 4.69) is 0 Å². The second-order valence-electron chi connectivity index (χ2n) is 10.2. The second kappa shape index (κ2) is 12.0. The highest BCUT2D eigenvalue weighted by atomic mass is 19.1. The molecule has 202 valence electrons. The quantitative estimate of drug-likeness (QED) is 0.288. The van der Waals surface area contributed by atoms with Crippen LogP contribution in [0.5, 0.6) is 5.75 Å². The fourth-order valence-corrected chi connectivity index (χ4v) is 6.05. The number of benzene rings is 2. The van der Waals surface area contributed by atoms with Crippen LogP contribution in [0.25, 0.3) is 6.08 Å². The summed E-state index contributed by atoms with van der Waals surface area (Å²) < 4.78 is 13.8. The molecule has 38 heavy (non-hydrogen) atoms. The first-order valence-electron chi connectivity index (χ1n) is 13.4. The zero-order chi connectivity index (χ0) is 27.4. The first-order chi connectivity index (χ1) is 18.3. The molecule has 0 bridgehead atoms. The van der Waals surface area contributed by atoms with Gasteiger partial charge in [0.25, 0.3) is 0 Å². The van der Waals surface area contributed by atoms with Gasteiger partial charge >= 0.3 is 0 Å². The Morgan fingerprint density at radius 3 is 2.47 bits per heavy atom. The van der Waals surface area contributed by atoms with Gasteiger partial charge in [-0.05, 0) is 67.5 Å². The minimum Gasteiger partial charge on any atom is -0.505 e. The highest BCUT2D eigenvalue weighted by molar-refractivity contribution is 6.22. The summed E-state index contributed by atoms with van der Waals surface area (Å²) in [5.41, 5.74) is 3.80. The SMILES string of the molecule is CCC/C(=C\c1ccc(O)c(F)c1)CC[C@@H](O)C1=C(CC)C[C@H]2C(=O)N(c3ccccc3)C(=O)[C@H]2[C@H]1CO. The largest absolute Gasteiger partial charge is 0.505 e. The van der Waals surface area contributed by atoms with Gasteiger partial charge < -0.3 is 15.3 Å². The van der Waals surface area contributed by atoms with E-state index >= 15 is 0 Å². The molecule has 0 unspecified atom stereocenters. The Kier molecular flexibility index (Phi) is 8.80. The number of carbonyl (C=O) groups is 2. The van der Waals surface area contributed by atoms with Gasteiger partial charge in [0.1, 0.15) is 0 Å². The van der Waals surface area contributed by atoms with Crippen molar-refractivity contribution in [2.45, 2.75) is 58.5 Å². The Morgan fingerprint density at radius 1 is 1.11 bits per heavy atom. The van der Waals surface area contributed by atoms with Crippen LogP contribution in [0.2, 0.25) is 0 Å². The van der Waals surface area contributed by atoms with Crippen LogP contribution in [0.1, 0.15) is 57.9 Å². The van der Waals surface area contributed by atoms with Crippen molar-refractivity contribution in [3.63, 3.8) is 0 Å². The van der Waals surface area contributed by atoms with Crippen LogP contribution in [-0.2, 0) is 9.59 Å². The van der Waals surface area contributed by atoms with E-state index in [1.165, 1.54) is 17.0 Å². The molecule has 6 nitrogen and oxygen atoms in total. The molecule has 0 radical (unpaired) electrons. The molecular weight excluding hydrogens is 485 g/mol. The predicted molar refractivity (Wildman–Crippen MR) is 145 cm³/mol. The third-order valence-electron chi connectivity index (χ3n) is 7.83. The minimum absolute atomic E-state index is 0.251. The van der Waals surface area contributed by atoms with E-state index in [0.29, 0.717) is 42.5 Å². The Morgan fingerprint density at radius 2 is 1.84 bits per heavy atom. The van der Waals surface area contributed by atoms with Gasteiger partial charge in [0, 0.05) is 5.92 Å². The molecule has 1 fully saturated rings. The number of aliphatic hydroxyl groups is 2. The Hall–Kier alpha value is -3.29. The number of allylic oxidation sites excluding steroid dienone is 2. The average Bonchev–Trinajstić information content (AvgIpc) is 3.17. The molecule has 2 aliphatic rings. The standard InChI is InChI=1S/C31H36FNO5/c1-3-8-19(15-20-12-13-26(35)25(32)16-20)11-14-27(36)28-21(4-2)17-23-29(24(28)18-34)31(38)33(30(23)37)22-9-6-5-7-10-22/h5-7,9-10,12-13,15-16,23-24,27,29,34-36H,3-4,8,11,14,17-18H2,1-2H3/b19-15+/t23-,24+,27-,29-/m1/s1. The molecule has 2 aromatic carbocycles. The Balaban J connectivity index is 1.58. The van der Waals surface area contributed by atoms with Gasteiger partial charge in [0.05, 0.1) is 30.2 Å². The van der Waals surface area contributed by atoms with E-state index in [-0.39, 0.29) is 18.4 Å². The van der Waals surface area contributed by atoms with Crippen LogP contribution >= 0.6 is 0 Å². The maximum absolute atomic E-state index is 13.8. The summed E-state index contributed by atoms with van der Waals surface area (Å²) in [5.74, 6) is -3.55. The molecule has 2 amide bonds. The van der Waals surface area contributed by atoms with Crippen molar-refractivity contribution < 1.29 is 29.3 Å². The monoisotopic (exact) mass is 521 g/mol. The van der Waals surface area contributed by atoms with E-state index in [1.807, 2.05) is 26.0 Å². The van der Waals surface area contributed by atoms with Gasteiger partial charge in [-0.3, -0.25) is 14.5 Å². The number of aromatic hydroxyl groups is 1. The second-order valence-corrected chi connectivity index (χ2v) is 10.2. The number of phenols is 1. The smallest absolute Gasteiger partial charge is 0.238 e. The number of fused-ring (bicyclic) bond motifs is 1. The lowest BCUT2D eigenvalue weighted by atomic mass is 9.67. The maximum atomic E-state index is 13.8. The van der Waals surface area contributed by atoms with Crippen LogP contribution < -0.4 is 4.90 Å². The van der Waals surface area contributed by atoms with Crippen LogP contribution in [-0.4, -0.2) is 39.8 Å². The van der Waals surface area contributed by atoms with E-state index in [1.54, 1.807) is 30.3 Å². The van der Waals surface area contributed by atoms with Crippen LogP contribution in [0.3, 0.4) is 0 Å². The summed E-state index contributed by atoms with van der Waals surface area (Å²) in [6.07, 6.45) is 4.57.